The maximum atomic E-state index is 11.3. The first-order chi connectivity index (χ1) is 9.33. The van der Waals surface area contributed by atoms with Crippen LogP contribution >= 0.6 is 0 Å². The third kappa shape index (κ3) is 2.57. The summed E-state index contributed by atoms with van der Waals surface area (Å²) in [6.07, 6.45) is 3.50. The van der Waals surface area contributed by atoms with Gasteiger partial charge in [0.05, 0.1) is 11.9 Å². The maximum absolute atomic E-state index is 11.3. The first kappa shape index (κ1) is 11.7. The number of nitrogens with zero attached hydrogens (tertiary/aromatic N) is 4. The van der Waals surface area contributed by atoms with E-state index in [0.717, 1.165) is 37.7 Å². The van der Waals surface area contributed by atoms with Gasteiger partial charge in [0.25, 0.3) is 5.56 Å². The second kappa shape index (κ2) is 5.09. The van der Waals surface area contributed by atoms with E-state index in [0.29, 0.717) is 0 Å². The summed E-state index contributed by atoms with van der Waals surface area (Å²) in [4.78, 5) is 20.0. The Kier molecular flexibility index (Phi) is 3.14. The molecule has 0 radical (unpaired) electrons. The van der Waals surface area contributed by atoms with E-state index < -0.39 is 0 Å². The standard InChI is InChI=1S/C13H15N5O/c19-13-9-11(10-15-16-13)17-5-7-18(8-6-17)12-3-1-2-4-14-12/h1-4,9-10H,5-8H2,(H,16,19). The van der Waals surface area contributed by atoms with Gasteiger partial charge in [0.15, 0.2) is 0 Å². The molecule has 0 amide bonds. The van der Waals surface area contributed by atoms with Gasteiger partial charge in [-0.2, -0.15) is 5.10 Å². The molecule has 0 saturated carbocycles. The molecule has 2 aromatic heterocycles. The van der Waals surface area contributed by atoms with E-state index in [9.17, 15) is 4.79 Å². The highest BCUT2D eigenvalue weighted by molar-refractivity contribution is 5.46. The number of aromatic amines is 1. The van der Waals surface area contributed by atoms with Crippen molar-refractivity contribution in [3.63, 3.8) is 0 Å². The van der Waals surface area contributed by atoms with Crippen LogP contribution in [0.4, 0.5) is 11.5 Å². The van der Waals surface area contributed by atoms with Crippen molar-refractivity contribution in [2.24, 2.45) is 0 Å². The van der Waals surface area contributed by atoms with Gasteiger partial charge in [0, 0.05) is 38.4 Å². The van der Waals surface area contributed by atoms with Gasteiger partial charge in [0.2, 0.25) is 0 Å². The molecule has 0 aromatic carbocycles. The Morgan fingerprint density at radius 3 is 2.58 bits per heavy atom. The smallest absolute Gasteiger partial charge is 0.266 e. The molecular weight excluding hydrogens is 242 g/mol. The number of hydrogen-bond acceptors (Lipinski definition) is 5. The van der Waals surface area contributed by atoms with Crippen molar-refractivity contribution >= 4 is 11.5 Å². The monoisotopic (exact) mass is 257 g/mol. The van der Waals surface area contributed by atoms with E-state index in [-0.39, 0.29) is 5.56 Å². The Bertz CT molecular complexity index is 589. The van der Waals surface area contributed by atoms with Gasteiger partial charge in [-0.3, -0.25) is 4.79 Å². The number of piperazine rings is 1. The molecule has 0 unspecified atom stereocenters. The van der Waals surface area contributed by atoms with Gasteiger partial charge in [-0.25, -0.2) is 10.1 Å². The first-order valence-corrected chi connectivity index (χ1v) is 6.28. The lowest BCUT2D eigenvalue weighted by atomic mass is 10.3. The molecule has 19 heavy (non-hydrogen) atoms. The molecule has 0 atom stereocenters. The molecule has 0 spiro atoms. The third-order valence-electron chi connectivity index (χ3n) is 3.27. The van der Waals surface area contributed by atoms with Gasteiger partial charge < -0.3 is 9.80 Å². The zero-order chi connectivity index (χ0) is 13.1. The number of aromatic nitrogens is 3. The summed E-state index contributed by atoms with van der Waals surface area (Å²) in [5.41, 5.74) is 0.717. The summed E-state index contributed by atoms with van der Waals surface area (Å²) in [5, 5.41) is 6.22. The van der Waals surface area contributed by atoms with E-state index in [1.807, 2.05) is 24.4 Å². The largest absolute Gasteiger partial charge is 0.367 e. The molecule has 1 saturated heterocycles. The van der Waals surface area contributed by atoms with Crippen LogP contribution in [-0.4, -0.2) is 41.4 Å². The van der Waals surface area contributed by atoms with Crippen molar-refractivity contribution < 1.29 is 0 Å². The number of pyridine rings is 1. The molecule has 3 heterocycles. The molecule has 1 fully saturated rings. The lowest BCUT2D eigenvalue weighted by Gasteiger charge is -2.36. The molecule has 1 aliphatic rings. The molecule has 3 rings (SSSR count). The average molecular weight is 257 g/mol. The molecule has 98 valence electrons. The van der Waals surface area contributed by atoms with Gasteiger partial charge in [-0.05, 0) is 12.1 Å². The predicted octanol–water partition coefficient (Wildman–Crippen LogP) is 0.491. The lowest BCUT2D eigenvalue weighted by Crippen LogP contribution is -2.47. The summed E-state index contributed by atoms with van der Waals surface area (Å²) in [6, 6.07) is 7.52. The Hall–Kier alpha value is -2.37. The van der Waals surface area contributed by atoms with Crippen LogP contribution in [0.25, 0.3) is 0 Å². The molecule has 6 nitrogen and oxygen atoms in total. The minimum absolute atomic E-state index is 0.162. The van der Waals surface area contributed by atoms with Crippen LogP contribution in [0.5, 0.6) is 0 Å². The van der Waals surface area contributed by atoms with Crippen molar-refractivity contribution in [3.8, 4) is 0 Å². The summed E-state index contributed by atoms with van der Waals surface area (Å²) in [6.45, 7) is 3.51. The molecule has 1 aliphatic heterocycles. The summed E-state index contributed by atoms with van der Waals surface area (Å²) >= 11 is 0. The zero-order valence-electron chi connectivity index (χ0n) is 10.5. The lowest BCUT2D eigenvalue weighted by molar-refractivity contribution is 0.645. The quantitative estimate of drug-likeness (QED) is 0.848. The average Bonchev–Trinajstić information content (AvgIpc) is 2.48. The topological polar surface area (TPSA) is 65.1 Å². The Balaban J connectivity index is 1.68. The van der Waals surface area contributed by atoms with Crippen LogP contribution in [-0.2, 0) is 0 Å². The summed E-state index contributed by atoms with van der Waals surface area (Å²) in [7, 11) is 0. The Morgan fingerprint density at radius 1 is 1.11 bits per heavy atom. The highest BCUT2D eigenvalue weighted by atomic mass is 16.1. The molecule has 0 aliphatic carbocycles. The summed E-state index contributed by atoms with van der Waals surface area (Å²) in [5.74, 6) is 1.01. The normalized spacial score (nSPS) is 15.6. The number of hydrogen-bond donors (Lipinski definition) is 1. The predicted molar refractivity (Wildman–Crippen MR) is 73.5 cm³/mol. The number of H-pyrrole nitrogens is 1. The van der Waals surface area contributed by atoms with Crippen molar-refractivity contribution in [2.45, 2.75) is 0 Å². The van der Waals surface area contributed by atoms with E-state index >= 15 is 0 Å². The van der Waals surface area contributed by atoms with E-state index in [1.165, 1.54) is 0 Å². The van der Waals surface area contributed by atoms with Gasteiger partial charge in [0.1, 0.15) is 5.82 Å². The van der Waals surface area contributed by atoms with Crippen LogP contribution in [0, 0.1) is 0 Å². The van der Waals surface area contributed by atoms with Gasteiger partial charge >= 0.3 is 0 Å². The molecular formula is C13H15N5O. The Morgan fingerprint density at radius 2 is 1.89 bits per heavy atom. The fraction of sp³-hybridized carbons (Fsp3) is 0.308. The fourth-order valence-corrected chi connectivity index (χ4v) is 2.27. The maximum Gasteiger partial charge on any atom is 0.266 e. The Labute approximate surface area is 110 Å². The number of nitrogens with one attached hydrogen (secondary N) is 1. The second-order valence-electron chi connectivity index (χ2n) is 4.47. The first-order valence-electron chi connectivity index (χ1n) is 6.28. The third-order valence-corrected chi connectivity index (χ3v) is 3.27. The van der Waals surface area contributed by atoms with Gasteiger partial charge in [-0.1, -0.05) is 6.07 Å². The molecule has 0 bridgehead atoms. The fourth-order valence-electron chi connectivity index (χ4n) is 2.27. The molecule has 6 heteroatoms. The summed E-state index contributed by atoms with van der Waals surface area (Å²) < 4.78 is 0. The highest BCUT2D eigenvalue weighted by Gasteiger charge is 2.18. The van der Waals surface area contributed by atoms with Crippen LogP contribution in [0.3, 0.4) is 0 Å². The van der Waals surface area contributed by atoms with Crippen molar-refractivity contribution in [2.75, 3.05) is 36.0 Å². The van der Waals surface area contributed by atoms with Crippen LogP contribution in [0.1, 0.15) is 0 Å². The van der Waals surface area contributed by atoms with Crippen LogP contribution in [0.15, 0.2) is 41.5 Å². The minimum atomic E-state index is -0.162. The SMILES string of the molecule is O=c1cc(N2CCN(c3ccccn3)CC2)cn[nH]1. The zero-order valence-corrected chi connectivity index (χ0v) is 10.5. The van der Waals surface area contributed by atoms with Crippen molar-refractivity contribution in [3.05, 3.63) is 47.0 Å². The van der Waals surface area contributed by atoms with Crippen molar-refractivity contribution in [1.82, 2.24) is 15.2 Å². The van der Waals surface area contributed by atoms with Crippen LogP contribution in [0.2, 0.25) is 0 Å². The van der Waals surface area contributed by atoms with E-state index in [4.69, 9.17) is 0 Å². The van der Waals surface area contributed by atoms with E-state index in [1.54, 1.807) is 12.3 Å². The van der Waals surface area contributed by atoms with E-state index in [2.05, 4.69) is 25.0 Å². The van der Waals surface area contributed by atoms with Crippen molar-refractivity contribution in [1.29, 1.82) is 0 Å². The number of anilines is 2. The highest BCUT2D eigenvalue weighted by Crippen LogP contribution is 2.16. The van der Waals surface area contributed by atoms with Gasteiger partial charge in [-0.15, -0.1) is 0 Å². The second-order valence-corrected chi connectivity index (χ2v) is 4.47. The minimum Gasteiger partial charge on any atom is -0.367 e. The molecule has 1 N–H and O–H groups in total. The number of rotatable bonds is 2. The van der Waals surface area contributed by atoms with Crippen LogP contribution < -0.4 is 15.4 Å². The molecule has 2 aromatic rings.